The molecule has 1 aromatic carbocycles. The van der Waals surface area contributed by atoms with Crippen molar-refractivity contribution in [1.29, 1.82) is 0 Å². The zero-order valence-electron chi connectivity index (χ0n) is 15.5. The number of rotatable bonds is 5. The molecule has 1 aliphatic heterocycles. The van der Waals surface area contributed by atoms with Gasteiger partial charge in [0, 0.05) is 19.2 Å². The van der Waals surface area contributed by atoms with Crippen LogP contribution in [0.3, 0.4) is 0 Å². The van der Waals surface area contributed by atoms with E-state index in [9.17, 15) is 13.6 Å². The Morgan fingerprint density at radius 1 is 1.17 bits per heavy atom. The molecular formula is C19H19F2N5OS2. The third-order valence-corrected chi connectivity index (χ3v) is 6.80. The van der Waals surface area contributed by atoms with Gasteiger partial charge in [-0.1, -0.05) is 35.9 Å². The van der Waals surface area contributed by atoms with E-state index in [0.717, 1.165) is 54.0 Å². The van der Waals surface area contributed by atoms with Crippen molar-refractivity contribution in [3.05, 3.63) is 36.2 Å². The monoisotopic (exact) mass is 435 g/mol. The molecule has 0 bridgehead atoms. The lowest BCUT2D eigenvalue weighted by molar-refractivity contribution is -0.113. The lowest BCUT2D eigenvalue weighted by Crippen LogP contribution is -2.23. The first-order valence-electron chi connectivity index (χ1n) is 9.34. The van der Waals surface area contributed by atoms with Crippen LogP contribution in [0.25, 0.3) is 10.3 Å². The van der Waals surface area contributed by atoms with Crippen LogP contribution in [-0.2, 0) is 4.79 Å². The van der Waals surface area contributed by atoms with Crippen LogP contribution in [0.5, 0.6) is 0 Å². The Labute approximate surface area is 174 Å². The number of aromatic nitrogens is 3. The summed E-state index contributed by atoms with van der Waals surface area (Å²) in [6, 6.07) is 2.94. The molecule has 10 heteroatoms. The summed E-state index contributed by atoms with van der Waals surface area (Å²) in [5.41, 5.74) is 0.438. The minimum atomic E-state index is -0.682. The van der Waals surface area contributed by atoms with Gasteiger partial charge in [0.1, 0.15) is 27.7 Å². The molecule has 0 saturated carbocycles. The van der Waals surface area contributed by atoms with Gasteiger partial charge in [0.25, 0.3) is 0 Å². The first kappa shape index (κ1) is 20.0. The van der Waals surface area contributed by atoms with Crippen molar-refractivity contribution in [3.8, 4) is 0 Å². The van der Waals surface area contributed by atoms with Gasteiger partial charge in [0.05, 0.1) is 11.4 Å². The highest BCUT2D eigenvalue weighted by Gasteiger charge is 2.18. The number of thiazole rings is 1. The van der Waals surface area contributed by atoms with Crippen molar-refractivity contribution in [2.24, 2.45) is 0 Å². The Bertz CT molecular complexity index is 1020. The number of fused-ring (bicyclic) bond motifs is 1. The van der Waals surface area contributed by atoms with Gasteiger partial charge in [-0.3, -0.25) is 4.79 Å². The van der Waals surface area contributed by atoms with Gasteiger partial charge in [-0.2, -0.15) is 4.98 Å². The SMILES string of the molecule is O=C(CSc1ncnc2nc(N3CCCCCC3)sc12)Nc1cc(F)ccc1F. The summed E-state index contributed by atoms with van der Waals surface area (Å²) in [4.78, 5) is 27.7. The number of carbonyl (C=O) groups is 1. The zero-order valence-corrected chi connectivity index (χ0v) is 17.2. The van der Waals surface area contributed by atoms with Gasteiger partial charge in [0.2, 0.25) is 5.91 Å². The summed E-state index contributed by atoms with van der Waals surface area (Å²) in [5, 5.41) is 3.98. The van der Waals surface area contributed by atoms with Gasteiger partial charge < -0.3 is 10.2 Å². The van der Waals surface area contributed by atoms with E-state index >= 15 is 0 Å². The molecule has 1 fully saturated rings. The average molecular weight is 436 g/mol. The van der Waals surface area contributed by atoms with Crippen molar-refractivity contribution in [2.45, 2.75) is 30.7 Å². The number of nitrogens with zero attached hydrogens (tertiary/aromatic N) is 4. The van der Waals surface area contributed by atoms with E-state index in [0.29, 0.717) is 10.7 Å². The molecule has 152 valence electrons. The number of anilines is 2. The van der Waals surface area contributed by atoms with Crippen LogP contribution in [0, 0.1) is 11.6 Å². The first-order valence-corrected chi connectivity index (χ1v) is 11.1. The highest BCUT2D eigenvalue weighted by atomic mass is 32.2. The van der Waals surface area contributed by atoms with E-state index in [1.54, 1.807) is 0 Å². The molecule has 1 saturated heterocycles. The third-order valence-electron chi connectivity index (χ3n) is 4.57. The number of hydrogen-bond donors (Lipinski definition) is 1. The number of nitrogens with one attached hydrogen (secondary N) is 1. The number of benzene rings is 1. The molecule has 0 aliphatic carbocycles. The summed E-state index contributed by atoms with van der Waals surface area (Å²) in [7, 11) is 0. The second-order valence-electron chi connectivity index (χ2n) is 6.69. The van der Waals surface area contributed by atoms with Gasteiger partial charge in [0.15, 0.2) is 10.8 Å². The van der Waals surface area contributed by atoms with Gasteiger partial charge in [-0.25, -0.2) is 18.7 Å². The van der Waals surface area contributed by atoms with Gasteiger partial charge in [-0.05, 0) is 25.0 Å². The van der Waals surface area contributed by atoms with Crippen LogP contribution in [0.4, 0.5) is 19.6 Å². The van der Waals surface area contributed by atoms with Crippen LogP contribution in [0.2, 0.25) is 0 Å². The van der Waals surface area contributed by atoms with Crippen molar-refractivity contribution in [2.75, 3.05) is 29.1 Å². The number of hydrogen-bond acceptors (Lipinski definition) is 7. The van der Waals surface area contributed by atoms with Crippen molar-refractivity contribution < 1.29 is 13.6 Å². The second kappa shape index (κ2) is 9.00. The standard InChI is InChI=1S/C19H19F2N5OS2/c20-12-5-6-13(21)14(9-12)24-15(27)10-28-18-16-17(22-11-23-18)25-19(29-16)26-7-3-1-2-4-8-26/h5-6,9,11H,1-4,7-8,10H2,(H,24,27). The molecule has 29 heavy (non-hydrogen) atoms. The number of carbonyl (C=O) groups excluding carboxylic acids is 1. The molecule has 3 aromatic rings. The Morgan fingerprint density at radius 2 is 1.97 bits per heavy atom. The summed E-state index contributed by atoms with van der Waals surface area (Å²) in [6.45, 7) is 1.97. The molecule has 1 aliphatic rings. The minimum Gasteiger partial charge on any atom is -0.348 e. The fourth-order valence-corrected chi connectivity index (χ4v) is 5.08. The quantitative estimate of drug-likeness (QED) is 0.471. The van der Waals surface area contributed by atoms with Gasteiger partial charge >= 0.3 is 0 Å². The molecule has 0 unspecified atom stereocenters. The smallest absolute Gasteiger partial charge is 0.234 e. The average Bonchev–Trinajstić information content (AvgIpc) is 2.96. The fourth-order valence-electron chi connectivity index (χ4n) is 3.14. The Kier molecular flexibility index (Phi) is 6.19. The molecule has 3 heterocycles. The predicted molar refractivity (Wildman–Crippen MR) is 112 cm³/mol. The highest BCUT2D eigenvalue weighted by Crippen LogP contribution is 2.34. The summed E-state index contributed by atoms with van der Waals surface area (Å²) in [6.07, 6.45) is 6.22. The minimum absolute atomic E-state index is 0.0129. The first-order chi connectivity index (χ1) is 14.1. The van der Waals surface area contributed by atoms with E-state index in [-0.39, 0.29) is 11.4 Å². The number of amides is 1. The summed E-state index contributed by atoms with van der Waals surface area (Å²) in [5.74, 6) is -1.72. The molecule has 2 aromatic heterocycles. The Hall–Kier alpha value is -2.33. The molecule has 4 rings (SSSR count). The molecule has 0 atom stereocenters. The highest BCUT2D eigenvalue weighted by molar-refractivity contribution is 8.00. The van der Waals surface area contributed by atoms with E-state index in [1.807, 2.05) is 0 Å². The maximum atomic E-state index is 13.7. The Morgan fingerprint density at radius 3 is 2.76 bits per heavy atom. The van der Waals surface area contributed by atoms with Crippen molar-refractivity contribution in [1.82, 2.24) is 15.0 Å². The predicted octanol–water partition coefficient (Wildman–Crippen LogP) is 4.48. The molecular weight excluding hydrogens is 416 g/mol. The van der Waals surface area contributed by atoms with Crippen LogP contribution >= 0.6 is 23.1 Å². The van der Waals surface area contributed by atoms with Crippen LogP contribution < -0.4 is 10.2 Å². The fraction of sp³-hybridized carbons (Fsp3) is 0.368. The molecule has 6 nitrogen and oxygen atoms in total. The zero-order chi connectivity index (χ0) is 20.2. The van der Waals surface area contributed by atoms with E-state index in [4.69, 9.17) is 0 Å². The molecule has 0 spiro atoms. The maximum absolute atomic E-state index is 13.7. The second-order valence-corrected chi connectivity index (χ2v) is 8.63. The summed E-state index contributed by atoms with van der Waals surface area (Å²) >= 11 is 2.75. The number of thioether (sulfide) groups is 1. The molecule has 1 N–H and O–H groups in total. The van der Waals surface area contributed by atoms with Crippen LogP contribution in [0.1, 0.15) is 25.7 Å². The lowest BCUT2D eigenvalue weighted by atomic mass is 10.2. The molecule has 1 amide bonds. The van der Waals surface area contributed by atoms with E-state index < -0.39 is 17.5 Å². The van der Waals surface area contributed by atoms with Crippen molar-refractivity contribution >= 4 is 50.2 Å². The van der Waals surface area contributed by atoms with Crippen molar-refractivity contribution in [3.63, 3.8) is 0 Å². The van der Waals surface area contributed by atoms with E-state index in [2.05, 4.69) is 25.2 Å². The van der Waals surface area contributed by atoms with Crippen LogP contribution in [-0.4, -0.2) is 39.7 Å². The normalized spacial score (nSPS) is 14.8. The topological polar surface area (TPSA) is 71.0 Å². The lowest BCUT2D eigenvalue weighted by Gasteiger charge is -2.18. The van der Waals surface area contributed by atoms with Crippen LogP contribution in [0.15, 0.2) is 29.6 Å². The molecule has 0 radical (unpaired) electrons. The third kappa shape index (κ3) is 4.81. The van der Waals surface area contributed by atoms with Gasteiger partial charge in [-0.15, -0.1) is 0 Å². The maximum Gasteiger partial charge on any atom is 0.234 e. The summed E-state index contributed by atoms with van der Waals surface area (Å²) < 4.78 is 27.8. The van der Waals surface area contributed by atoms with E-state index in [1.165, 1.54) is 42.3 Å². The largest absolute Gasteiger partial charge is 0.348 e. The Balaban J connectivity index is 1.46. The number of halogens is 2.